The second-order valence-corrected chi connectivity index (χ2v) is 9.59. The van der Waals surface area contributed by atoms with Crippen LogP contribution in [0.2, 0.25) is 0 Å². The number of hydrogen-bond donors (Lipinski definition) is 0. The zero-order valence-corrected chi connectivity index (χ0v) is 19.3. The summed E-state index contributed by atoms with van der Waals surface area (Å²) < 4.78 is 5.42. The quantitative estimate of drug-likeness (QED) is 0.679. The molecule has 3 heterocycles. The molecule has 0 bridgehead atoms. The first kappa shape index (κ1) is 22.0. The topological polar surface area (TPSA) is 53.1 Å². The van der Waals surface area contributed by atoms with E-state index in [0.29, 0.717) is 49.4 Å². The summed E-state index contributed by atoms with van der Waals surface area (Å²) in [5, 5.41) is 0. The van der Waals surface area contributed by atoms with E-state index < -0.39 is 0 Å². The number of amides is 2. The predicted molar refractivity (Wildman–Crippen MR) is 121 cm³/mol. The van der Waals surface area contributed by atoms with Crippen LogP contribution in [0.25, 0.3) is 5.57 Å². The molecule has 1 aromatic carbocycles. The number of imide groups is 1. The lowest BCUT2D eigenvalue weighted by Gasteiger charge is -2.37. The summed E-state index contributed by atoms with van der Waals surface area (Å²) in [5.41, 5.74) is 4.37. The molecule has 3 aliphatic rings. The minimum Gasteiger partial charge on any atom is -0.379 e. The number of carbonyl (C=O) groups excluding carboxylic acids is 2. The summed E-state index contributed by atoms with van der Waals surface area (Å²) in [5.74, 6) is 0.722. The Bertz CT molecular complexity index is 878. The predicted octanol–water partition coefficient (Wildman–Crippen LogP) is 2.69. The lowest BCUT2D eigenvalue weighted by atomic mass is 9.90. The summed E-state index contributed by atoms with van der Waals surface area (Å²) in [6, 6.07) is 6.09. The Kier molecular flexibility index (Phi) is 6.49. The van der Waals surface area contributed by atoms with E-state index in [4.69, 9.17) is 4.74 Å². The van der Waals surface area contributed by atoms with Crippen LogP contribution < -0.4 is 0 Å². The Morgan fingerprint density at radius 3 is 2.26 bits per heavy atom. The molecule has 2 fully saturated rings. The van der Waals surface area contributed by atoms with Crippen molar-refractivity contribution in [3.63, 3.8) is 0 Å². The van der Waals surface area contributed by atoms with E-state index in [1.54, 1.807) is 0 Å². The van der Waals surface area contributed by atoms with Crippen LogP contribution in [0.3, 0.4) is 0 Å². The Labute approximate surface area is 185 Å². The van der Waals surface area contributed by atoms with Gasteiger partial charge < -0.3 is 9.64 Å². The number of carbonyl (C=O) groups is 2. The van der Waals surface area contributed by atoms with Gasteiger partial charge in [0.05, 0.1) is 18.8 Å². The average Bonchev–Trinajstić information content (AvgIpc) is 2.98. The number of nitrogens with zero attached hydrogens (tertiary/aromatic N) is 3. The van der Waals surface area contributed by atoms with Crippen molar-refractivity contribution in [2.45, 2.75) is 34.1 Å². The largest absolute Gasteiger partial charge is 0.379 e. The fraction of sp³-hybridized carbons (Fsp3) is 0.600. The highest BCUT2D eigenvalue weighted by atomic mass is 16.5. The van der Waals surface area contributed by atoms with Gasteiger partial charge in [-0.2, -0.15) is 0 Å². The molecule has 0 radical (unpaired) electrons. The minimum atomic E-state index is -0.151. The molecule has 6 heteroatoms. The summed E-state index contributed by atoms with van der Waals surface area (Å²) in [4.78, 5) is 33.1. The number of piperidine rings is 1. The van der Waals surface area contributed by atoms with E-state index in [0.717, 1.165) is 43.7 Å². The summed E-state index contributed by atoms with van der Waals surface area (Å²) in [6.45, 7) is 14.5. The second kappa shape index (κ2) is 9.13. The van der Waals surface area contributed by atoms with Crippen LogP contribution in [0, 0.1) is 25.7 Å². The van der Waals surface area contributed by atoms with Gasteiger partial charge in [0.15, 0.2) is 0 Å². The fourth-order valence-electron chi connectivity index (χ4n) is 5.13. The van der Waals surface area contributed by atoms with Gasteiger partial charge in [-0.05, 0) is 48.8 Å². The Morgan fingerprint density at radius 2 is 1.61 bits per heavy atom. The van der Waals surface area contributed by atoms with Gasteiger partial charge in [-0.1, -0.05) is 32.0 Å². The smallest absolute Gasteiger partial charge is 0.277 e. The van der Waals surface area contributed by atoms with Crippen molar-refractivity contribution >= 4 is 17.4 Å². The van der Waals surface area contributed by atoms with Crippen molar-refractivity contribution in [3.8, 4) is 0 Å². The molecule has 4 rings (SSSR count). The molecule has 6 nitrogen and oxygen atoms in total. The SMILES string of the molecule is Cc1ccc(C2=C(N3CC(C)CC(C)C3)C(=O)N(CCN3CCOCC3)C2=O)cc1C. The molecule has 3 aliphatic heterocycles. The fourth-order valence-corrected chi connectivity index (χ4v) is 5.13. The molecule has 0 aliphatic carbocycles. The zero-order chi connectivity index (χ0) is 22.1. The van der Waals surface area contributed by atoms with E-state index in [2.05, 4.69) is 43.6 Å². The Balaban J connectivity index is 1.66. The lowest BCUT2D eigenvalue weighted by Crippen LogP contribution is -2.45. The maximum Gasteiger partial charge on any atom is 0.277 e. The van der Waals surface area contributed by atoms with Gasteiger partial charge >= 0.3 is 0 Å². The number of rotatable bonds is 5. The van der Waals surface area contributed by atoms with Crippen LogP contribution in [0.15, 0.2) is 23.9 Å². The Morgan fingerprint density at radius 1 is 0.935 bits per heavy atom. The zero-order valence-electron chi connectivity index (χ0n) is 19.3. The molecule has 0 N–H and O–H groups in total. The Hall–Kier alpha value is -2.18. The molecule has 0 spiro atoms. The third-order valence-electron chi connectivity index (χ3n) is 6.87. The van der Waals surface area contributed by atoms with Crippen LogP contribution in [-0.4, -0.2) is 79.0 Å². The van der Waals surface area contributed by atoms with Gasteiger partial charge in [-0.15, -0.1) is 0 Å². The molecule has 168 valence electrons. The highest BCUT2D eigenvalue weighted by molar-refractivity contribution is 6.35. The molecular formula is C25H35N3O3. The summed E-state index contributed by atoms with van der Waals surface area (Å²) in [6.07, 6.45) is 1.16. The van der Waals surface area contributed by atoms with Crippen molar-refractivity contribution in [2.75, 3.05) is 52.5 Å². The van der Waals surface area contributed by atoms with Crippen molar-refractivity contribution in [2.24, 2.45) is 11.8 Å². The molecule has 0 saturated carbocycles. The third-order valence-corrected chi connectivity index (χ3v) is 6.87. The molecule has 2 unspecified atom stereocenters. The molecule has 2 amide bonds. The van der Waals surface area contributed by atoms with Crippen molar-refractivity contribution < 1.29 is 14.3 Å². The van der Waals surface area contributed by atoms with Gasteiger partial charge in [0.1, 0.15) is 5.70 Å². The maximum atomic E-state index is 13.6. The first-order valence-electron chi connectivity index (χ1n) is 11.6. The highest BCUT2D eigenvalue weighted by Gasteiger charge is 2.42. The van der Waals surface area contributed by atoms with Crippen molar-refractivity contribution in [1.82, 2.24) is 14.7 Å². The monoisotopic (exact) mass is 425 g/mol. The van der Waals surface area contributed by atoms with Gasteiger partial charge in [0, 0.05) is 39.3 Å². The number of ether oxygens (including phenoxy) is 1. The van der Waals surface area contributed by atoms with Crippen molar-refractivity contribution in [3.05, 3.63) is 40.6 Å². The summed E-state index contributed by atoms with van der Waals surface area (Å²) >= 11 is 0. The molecule has 31 heavy (non-hydrogen) atoms. The van der Waals surface area contributed by atoms with Crippen molar-refractivity contribution in [1.29, 1.82) is 0 Å². The maximum absolute atomic E-state index is 13.6. The molecule has 2 atom stereocenters. The van der Waals surface area contributed by atoms with Gasteiger partial charge in [-0.3, -0.25) is 19.4 Å². The van der Waals surface area contributed by atoms with Gasteiger partial charge in [-0.25, -0.2) is 0 Å². The molecule has 1 aromatic rings. The molecule has 0 aromatic heterocycles. The van der Waals surface area contributed by atoms with Gasteiger partial charge in [0.2, 0.25) is 0 Å². The van der Waals surface area contributed by atoms with Crippen LogP contribution in [-0.2, 0) is 14.3 Å². The van der Waals surface area contributed by atoms with Crippen LogP contribution >= 0.6 is 0 Å². The van der Waals surface area contributed by atoms with Gasteiger partial charge in [0.25, 0.3) is 11.8 Å². The number of morpholine rings is 1. The summed E-state index contributed by atoms with van der Waals surface area (Å²) in [7, 11) is 0. The van der Waals surface area contributed by atoms with E-state index in [1.807, 2.05) is 12.1 Å². The number of hydrogen-bond acceptors (Lipinski definition) is 5. The third kappa shape index (κ3) is 4.55. The number of likely N-dealkylation sites (tertiary alicyclic amines) is 1. The van der Waals surface area contributed by atoms with Crippen LogP contribution in [0.1, 0.15) is 37.0 Å². The number of aryl methyl sites for hydroxylation is 2. The molecular weight excluding hydrogens is 390 g/mol. The minimum absolute atomic E-state index is 0.132. The highest BCUT2D eigenvalue weighted by Crippen LogP contribution is 2.35. The first-order chi connectivity index (χ1) is 14.8. The molecule has 2 saturated heterocycles. The van der Waals surface area contributed by atoms with E-state index in [1.165, 1.54) is 10.5 Å². The lowest BCUT2D eigenvalue weighted by molar-refractivity contribution is -0.138. The van der Waals surface area contributed by atoms with E-state index >= 15 is 0 Å². The van der Waals surface area contributed by atoms with Crippen LogP contribution in [0.5, 0.6) is 0 Å². The van der Waals surface area contributed by atoms with E-state index in [-0.39, 0.29) is 11.8 Å². The average molecular weight is 426 g/mol. The standard InChI is InChI=1S/C25H35N3O3/c1-17-13-18(2)16-27(15-17)23-22(21-6-5-19(3)20(4)14-21)24(29)28(25(23)30)8-7-26-9-11-31-12-10-26/h5-6,14,17-18H,7-13,15-16H2,1-4H3. The van der Waals surface area contributed by atoms with Crippen LogP contribution in [0.4, 0.5) is 0 Å². The number of benzene rings is 1. The normalized spacial score (nSPS) is 25.7. The first-order valence-corrected chi connectivity index (χ1v) is 11.6. The van der Waals surface area contributed by atoms with E-state index in [9.17, 15) is 9.59 Å². The second-order valence-electron chi connectivity index (χ2n) is 9.59.